The molecule has 0 saturated heterocycles. The molecule has 0 bridgehead atoms. The van der Waals surface area contributed by atoms with Crippen molar-refractivity contribution in [3.05, 3.63) is 10.1 Å². The highest BCUT2D eigenvalue weighted by Crippen LogP contribution is 2.14. The van der Waals surface area contributed by atoms with Gasteiger partial charge in [0, 0.05) is 17.8 Å². The van der Waals surface area contributed by atoms with Gasteiger partial charge in [-0.05, 0) is 12.8 Å². The van der Waals surface area contributed by atoms with Crippen LogP contribution in [0.25, 0.3) is 0 Å². The van der Waals surface area contributed by atoms with Gasteiger partial charge in [-0.1, -0.05) is 44.9 Å². The van der Waals surface area contributed by atoms with E-state index in [-0.39, 0.29) is 6.42 Å². The maximum absolute atomic E-state index is 10.7. The summed E-state index contributed by atoms with van der Waals surface area (Å²) in [5.41, 5.74) is 0. The van der Waals surface area contributed by atoms with E-state index < -0.39 is 29.3 Å². The van der Waals surface area contributed by atoms with Gasteiger partial charge in [0.1, 0.15) is 6.42 Å². The van der Waals surface area contributed by atoms with Crippen LogP contribution in [0, 0.1) is 10.1 Å². The molecular formula is C15H27NO6. The first-order valence-corrected chi connectivity index (χ1v) is 8.00. The zero-order chi connectivity index (χ0) is 16.8. The van der Waals surface area contributed by atoms with Gasteiger partial charge in [0.2, 0.25) is 6.04 Å². The summed E-state index contributed by atoms with van der Waals surface area (Å²) < 4.78 is 0. The van der Waals surface area contributed by atoms with Crippen molar-refractivity contribution in [1.82, 2.24) is 0 Å². The molecule has 7 nitrogen and oxygen atoms in total. The van der Waals surface area contributed by atoms with Crippen molar-refractivity contribution in [3.8, 4) is 0 Å². The number of carbonyl (C=O) groups is 2. The summed E-state index contributed by atoms with van der Waals surface area (Å²) in [7, 11) is 0. The Kier molecular flexibility index (Phi) is 12.1. The minimum absolute atomic E-state index is 0.244. The first-order chi connectivity index (χ1) is 10.4. The van der Waals surface area contributed by atoms with Gasteiger partial charge in [-0.25, -0.2) is 0 Å². The second-order valence-corrected chi connectivity index (χ2v) is 5.65. The monoisotopic (exact) mass is 317 g/mol. The Labute approximate surface area is 130 Å². The smallest absolute Gasteiger partial charge is 0.310 e. The first kappa shape index (κ1) is 20.3. The van der Waals surface area contributed by atoms with E-state index in [9.17, 15) is 19.7 Å². The van der Waals surface area contributed by atoms with Crippen LogP contribution in [-0.4, -0.2) is 33.1 Å². The summed E-state index contributed by atoms with van der Waals surface area (Å²) >= 11 is 0. The Hall–Kier alpha value is -1.66. The van der Waals surface area contributed by atoms with E-state index >= 15 is 0 Å². The normalized spacial score (nSPS) is 12.0. The van der Waals surface area contributed by atoms with Crippen molar-refractivity contribution in [3.63, 3.8) is 0 Å². The van der Waals surface area contributed by atoms with Crippen LogP contribution < -0.4 is 0 Å². The molecule has 0 aliphatic heterocycles. The third-order valence-corrected chi connectivity index (χ3v) is 3.64. The van der Waals surface area contributed by atoms with Crippen molar-refractivity contribution in [2.45, 2.75) is 83.1 Å². The second-order valence-electron chi connectivity index (χ2n) is 5.65. The van der Waals surface area contributed by atoms with Gasteiger partial charge in [-0.2, -0.15) is 0 Å². The third-order valence-electron chi connectivity index (χ3n) is 3.64. The van der Waals surface area contributed by atoms with Crippen molar-refractivity contribution >= 4 is 11.9 Å². The van der Waals surface area contributed by atoms with Gasteiger partial charge in [-0.15, -0.1) is 0 Å². The molecule has 0 fully saturated rings. The average molecular weight is 317 g/mol. The van der Waals surface area contributed by atoms with Crippen molar-refractivity contribution in [2.75, 3.05) is 0 Å². The van der Waals surface area contributed by atoms with Gasteiger partial charge in [-0.3, -0.25) is 19.7 Å². The van der Waals surface area contributed by atoms with E-state index in [2.05, 4.69) is 0 Å². The molecule has 0 amide bonds. The lowest BCUT2D eigenvalue weighted by Crippen LogP contribution is -2.22. The number of nitro groups is 1. The molecule has 0 aromatic carbocycles. The molecule has 0 saturated carbocycles. The summed E-state index contributed by atoms with van der Waals surface area (Å²) in [6.45, 7) is 0. The van der Waals surface area contributed by atoms with Crippen molar-refractivity contribution < 1.29 is 24.7 Å². The Morgan fingerprint density at radius 3 is 1.68 bits per heavy atom. The van der Waals surface area contributed by atoms with E-state index in [1.807, 2.05) is 0 Å². The fraction of sp³-hybridized carbons (Fsp3) is 0.867. The molecule has 0 aromatic rings. The molecule has 1 unspecified atom stereocenters. The number of hydrogen-bond acceptors (Lipinski definition) is 4. The van der Waals surface area contributed by atoms with Crippen LogP contribution in [0.3, 0.4) is 0 Å². The molecule has 0 rings (SSSR count). The standard InChI is InChI=1S/C15H27NO6/c17-14(18)11-9-7-5-3-1-2-4-6-8-10-13(16(21)22)12-15(19)20/h13H,1-12H2,(H,17,18)(H,19,20). The van der Waals surface area contributed by atoms with E-state index in [0.717, 1.165) is 51.4 Å². The van der Waals surface area contributed by atoms with Crippen LogP contribution >= 0.6 is 0 Å². The fourth-order valence-corrected chi connectivity index (χ4v) is 2.38. The molecule has 0 spiro atoms. The Morgan fingerprint density at radius 1 is 0.818 bits per heavy atom. The minimum Gasteiger partial charge on any atom is -0.481 e. The lowest BCUT2D eigenvalue weighted by molar-refractivity contribution is -0.522. The Morgan fingerprint density at radius 2 is 1.27 bits per heavy atom. The molecule has 1 atom stereocenters. The number of hydrogen-bond donors (Lipinski definition) is 2. The highest BCUT2D eigenvalue weighted by atomic mass is 16.6. The van der Waals surface area contributed by atoms with E-state index in [0.29, 0.717) is 12.8 Å². The van der Waals surface area contributed by atoms with Crippen LogP contribution in [0.15, 0.2) is 0 Å². The van der Waals surface area contributed by atoms with Crippen LogP contribution in [0.1, 0.15) is 77.0 Å². The van der Waals surface area contributed by atoms with E-state index in [1.165, 1.54) is 0 Å². The topological polar surface area (TPSA) is 118 Å². The number of unbranched alkanes of at least 4 members (excludes halogenated alkanes) is 8. The molecule has 0 radical (unpaired) electrons. The first-order valence-electron chi connectivity index (χ1n) is 8.00. The fourth-order valence-electron chi connectivity index (χ4n) is 2.38. The third kappa shape index (κ3) is 13.3. The maximum Gasteiger partial charge on any atom is 0.310 e. The molecule has 2 N–H and O–H groups in total. The second kappa shape index (κ2) is 13.0. The molecule has 22 heavy (non-hydrogen) atoms. The van der Waals surface area contributed by atoms with Gasteiger partial charge < -0.3 is 10.2 Å². The molecule has 0 aromatic heterocycles. The molecule has 0 aliphatic rings. The predicted molar refractivity (Wildman–Crippen MR) is 81.5 cm³/mol. The molecule has 7 heteroatoms. The minimum atomic E-state index is -1.12. The average Bonchev–Trinajstić information content (AvgIpc) is 2.42. The summed E-state index contributed by atoms with van der Waals surface area (Å²) in [6, 6.07) is -0.966. The number of carboxylic acids is 2. The number of carboxylic acid groups (broad SMARTS) is 2. The Bertz CT molecular complexity index is 345. The van der Waals surface area contributed by atoms with Crippen LogP contribution in [0.5, 0.6) is 0 Å². The molecule has 0 aliphatic carbocycles. The largest absolute Gasteiger partial charge is 0.481 e. The van der Waals surface area contributed by atoms with Gasteiger partial charge in [0.15, 0.2) is 0 Å². The lowest BCUT2D eigenvalue weighted by atomic mass is 10.0. The highest BCUT2D eigenvalue weighted by Gasteiger charge is 2.22. The summed E-state index contributed by atoms with van der Waals surface area (Å²) in [5.74, 6) is -1.86. The van der Waals surface area contributed by atoms with E-state index in [4.69, 9.17) is 10.2 Å². The Balaban J connectivity index is 3.40. The zero-order valence-corrected chi connectivity index (χ0v) is 13.0. The summed E-state index contributed by atoms with van der Waals surface area (Å²) in [5, 5.41) is 27.7. The van der Waals surface area contributed by atoms with Gasteiger partial charge in [0.05, 0.1) is 0 Å². The number of rotatable bonds is 15. The summed E-state index contributed by atoms with van der Waals surface area (Å²) in [6.07, 6.45) is 8.76. The molecular weight excluding hydrogens is 290 g/mol. The lowest BCUT2D eigenvalue weighted by Gasteiger charge is -2.07. The van der Waals surface area contributed by atoms with Crippen LogP contribution in [0.4, 0.5) is 0 Å². The van der Waals surface area contributed by atoms with Gasteiger partial charge in [0.25, 0.3) is 0 Å². The maximum atomic E-state index is 10.7. The van der Waals surface area contributed by atoms with Gasteiger partial charge >= 0.3 is 11.9 Å². The predicted octanol–water partition coefficient (Wildman–Crippen LogP) is 3.48. The number of aliphatic carboxylic acids is 2. The molecule has 0 heterocycles. The highest BCUT2D eigenvalue weighted by molar-refractivity contribution is 5.67. The van der Waals surface area contributed by atoms with E-state index in [1.54, 1.807) is 0 Å². The SMILES string of the molecule is O=C(O)CCCCCCCCCCCC(CC(=O)O)[N+](=O)[O-]. The van der Waals surface area contributed by atoms with Crippen LogP contribution in [-0.2, 0) is 9.59 Å². The van der Waals surface area contributed by atoms with Crippen molar-refractivity contribution in [1.29, 1.82) is 0 Å². The molecule has 128 valence electrons. The van der Waals surface area contributed by atoms with Crippen molar-refractivity contribution in [2.24, 2.45) is 0 Å². The zero-order valence-electron chi connectivity index (χ0n) is 13.0. The number of nitrogens with zero attached hydrogens (tertiary/aromatic N) is 1. The van der Waals surface area contributed by atoms with Crippen LogP contribution in [0.2, 0.25) is 0 Å². The quantitative estimate of drug-likeness (QED) is 0.271. The summed E-state index contributed by atoms with van der Waals surface area (Å²) in [4.78, 5) is 31.0.